The van der Waals surface area contributed by atoms with Crippen molar-refractivity contribution in [2.75, 3.05) is 0 Å². The largest absolute Gasteiger partial charge is 0.461 e. The maximum atomic E-state index is 12.9. The van der Waals surface area contributed by atoms with Crippen LogP contribution < -0.4 is 0 Å². The molecule has 9 heteroatoms. The summed E-state index contributed by atoms with van der Waals surface area (Å²) in [6, 6.07) is 0. The highest BCUT2D eigenvalue weighted by molar-refractivity contribution is 4.98. The van der Waals surface area contributed by atoms with Crippen molar-refractivity contribution >= 4 is 0 Å². The molecule has 0 saturated carbocycles. The summed E-state index contributed by atoms with van der Waals surface area (Å²) in [6.45, 7) is 3.20. The van der Waals surface area contributed by atoms with Crippen molar-refractivity contribution in [2.24, 2.45) is 5.92 Å². The average molecular weight is 244 g/mol. The Morgan fingerprint density at radius 2 is 1.75 bits per heavy atom. The van der Waals surface area contributed by atoms with Gasteiger partial charge in [-0.1, -0.05) is 13.8 Å². The fourth-order valence-corrected chi connectivity index (χ4v) is 1.03. The second-order valence-electron chi connectivity index (χ2n) is 3.65. The SMILES string of the molecule is CC(C)Cn1nnnc1C(F)(F)C(F)(F)F. The van der Waals surface area contributed by atoms with Crippen LogP contribution in [0.25, 0.3) is 0 Å². The third-order valence-electron chi connectivity index (χ3n) is 1.71. The third kappa shape index (κ3) is 2.27. The summed E-state index contributed by atoms with van der Waals surface area (Å²) in [5.41, 5.74) is 0. The lowest BCUT2D eigenvalue weighted by atomic mass is 10.2. The van der Waals surface area contributed by atoms with E-state index in [9.17, 15) is 22.0 Å². The highest BCUT2D eigenvalue weighted by Crippen LogP contribution is 2.42. The van der Waals surface area contributed by atoms with E-state index >= 15 is 0 Å². The van der Waals surface area contributed by atoms with Crippen molar-refractivity contribution in [3.8, 4) is 0 Å². The summed E-state index contributed by atoms with van der Waals surface area (Å²) >= 11 is 0. The lowest BCUT2D eigenvalue weighted by Crippen LogP contribution is -2.37. The van der Waals surface area contributed by atoms with Crippen LogP contribution in [0, 0.1) is 5.92 Å². The van der Waals surface area contributed by atoms with E-state index in [1.807, 2.05) is 0 Å². The zero-order valence-electron chi connectivity index (χ0n) is 8.46. The molecule has 0 unspecified atom stereocenters. The molecule has 4 nitrogen and oxygen atoms in total. The zero-order chi connectivity index (χ0) is 12.6. The van der Waals surface area contributed by atoms with E-state index in [2.05, 4.69) is 15.5 Å². The first-order valence-corrected chi connectivity index (χ1v) is 4.37. The van der Waals surface area contributed by atoms with Crippen LogP contribution >= 0.6 is 0 Å². The van der Waals surface area contributed by atoms with Gasteiger partial charge in [-0.15, -0.1) is 5.10 Å². The molecule has 0 spiro atoms. The van der Waals surface area contributed by atoms with Gasteiger partial charge in [-0.05, 0) is 16.3 Å². The van der Waals surface area contributed by atoms with Gasteiger partial charge in [0.2, 0.25) is 5.82 Å². The molecule has 0 aliphatic rings. The number of aromatic nitrogens is 4. The van der Waals surface area contributed by atoms with Gasteiger partial charge in [-0.3, -0.25) is 0 Å². The number of hydrogen-bond acceptors (Lipinski definition) is 3. The fourth-order valence-electron chi connectivity index (χ4n) is 1.03. The summed E-state index contributed by atoms with van der Waals surface area (Å²) in [5.74, 6) is -6.66. The first-order valence-electron chi connectivity index (χ1n) is 4.37. The van der Waals surface area contributed by atoms with Crippen LogP contribution in [0.4, 0.5) is 22.0 Å². The molecule has 1 rings (SSSR count). The highest BCUT2D eigenvalue weighted by Gasteiger charge is 2.62. The predicted octanol–water partition coefficient (Wildman–Crippen LogP) is 1.98. The van der Waals surface area contributed by atoms with Crippen LogP contribution in [0.1, 0.15) is 19.7 Å². The minimum atomic E-state index is -5.70. The normalized spacial score (nSPS) is 13.5. The minimum absolute atomic E-state index is 0.103. The van der Waals surface area contributed by atoms with Crippen molar-refractivity contribution in [2.45, 2.75) is 32.5 Å². The van der Waals surface area contributed by atoms with Gasteiger partial charge in [0.1, 0.15) is 0 Å². The Kier molecular flexibility index (Phi) is 3.15. The monoisotopic (exact) mass is 244 g/mol. The van der Waals surface area contributed by atoms with E-state index in [-0.39, 0.29) is 12.5 Å². The second kappa shape index (κ2) is 3.95. The number of halogens is 5. The number of nitrogens with zero attached hydrogens (tertiary/aromatic N) is 4. The van der Waals surface area contributed by atoms with E-state index < -0.39 is 17.9 Å². The van der Waals surface area contributed by atoms with Gasteiger partial charge in [0.15, 0.2) is 0 Å². The van der Waals surface area contributed by atoms with Crippen LogP contribution in [0.5, 0.6) is 0 Å². The van der Waals surface area contributed by atoms with Crippen molar-refractivity contribution in [1.82, 2.24) is 20.2 Å². The molecule has 0 aliphatic carbocycles. The number of hydrogen-bond donors (Lipinski definition) is 0. The average Bonchev–Trinajstić information content (AvgIpc) is 2.49. The van der Waals surface area contributed by atoms with Gasteiger partial charge in [-0.25, -0.2) is 4.68 Å². The maximum Gasteiger partial charge on any atom is 0.461 e. The van der Waals surface area contributed by atoms with Gasteiger partial charge in [0.25, 0.3) is 0 Å². The van der Waals surface area contributed by atoms with Crippen molar-refractivity contribution < 1.29 is 22.0 Å². The molecule has 16 heavy (non-hydrogen) atoms. The second-order valence-corrected chi connectivity index (χ2v) is 3.65. The van der Waals surface area contributed by atoms with E-state index in [1.54, 1.807) is 13.8 Å². The molecule has 0 atom stereocenters. The Morgan fingerprint density at radius 1 is 1.19 bits per heavy atom. The van der Waals surface area contributed by atoms with Gasteiger partial charge in [0.05, 0.1) is 0 Å². The van der Waals surface area contributed by atoms with Crippen LogP contribution in [0.3, 0.4) is 0 Å². The third-order valence-corrected chi connectivity index (χ3v) is 1.71. The summed E-state index contributed by atoms with van der Waals surface area (Å²) < 4.78 is 62.5. The predicted molar refractivity (Wildman–Crippen MR) is 42.6 cm³/mol. The summed E-state index contributed by atoms with van der Waals surface area (Å²) in [6.07, 6.45) is -5.70. The van der Waals surface area contributed by atoms with Gasteiger partial charge >= 0.3 is 12.1 Å². The molecule has 0 fully saturated rings. The molecule has 0 aromatic carbocycles. The summed E-state index contributed by atoms with van der Waals surface area (Å²) in [7, 11) is 0. The smallest absolute Gasteiger partial charge is 0.224 e. The Labute approximate surface area is 87.4 Å². The number of alkyl halides is 5. The van der Waals surface area contributed by atoms with Crippen LogP contribution in [-0.2, 0) is 12.5 Å². The standard InChI is InChI=1S/C7H9F5N4/c1-4(2)3-16-5(13-14-15-16)6(8,9)7(10,11)12/h4H,3H2,1-2H3. The molecule has 1 heterocycles. The molecular formula is C7H9F5N4. The van der Waals surface area contributed by atoms with E-state index in [0.717, 1.165) is 0 Å². The molecule has 0 bridgehead atoms. The van der Waals surface area contributed by atoms with E-state index in [0.29, 0.717) is 4.68 Å². The Bertz CT molecular complexity index is 356. The number of tetrazole rings is 1. The molecular weight excluding hydrogens is 235 g/mol. The molecule has 1 aromatic rings. The van der Waals surface area contributed by atoms with Crippen molar-refractivity contribution in [1.29, 1.82) is 0 Å². The lowest BCUT2D eigenvalue weighted by molar-refractivity contribution is -0.293. The zero-order valence-corrected chi connectivity index (χ0v) is 8.46. The lowest BCUT2D eigenvalue weighted by Gasteiger charge is -2.18. The Morgan fingerprint density at radius 3 is 2.19 bits per heavy atom. The fraction of sp³-hybridized carbons (Fsp3) is 0.857. The Balaban J connectivity index is 3.09. The van der Waals surface area contributed by atoms with Crippen LogP contribution in [0.2, 0.25) is 0 Å². The first-order chi connectivity index (χ1) is 7.16. The first kappa shape index (κ1) is 12.8. The van der Waals surface area contributed by atoms with Crippen LogP contribution in [-0.4, -0.2) is 26.4 Å². The van der Waals surface area contributed by atoms with E-state index in [1.165, 1.54) is 0 Å². The van der Waals surface area contributed by atoms with Gasteiger partial charge in [0, 0.05) is 6.54 Å². The quantitative estimate of drug-likeness (QED) is 0.763. The maximum absolute atomic E-state index is 12.9. The van der Waals surface area contributed by atoms with Crippen LogP contribution in [0.15, 0.2) is 0 Å². The molecule has 0 radical (unpaired) electrons. The van der Waals surface area contributed by atoms with E-state index in [4.69, 9.17) is 0 Å². The molecule has 0 saturated heterocycles. The minimum Gasteiger partial charge on any atom is -0.224 e. The Hall–Kier alpha value is -1.28. The number of rotatable bonds is 3. The van der Waals surface area contributed by atoms with Crippen molar-refractivity contribution in [3.63, 3.8) is 0 Å². The highest BCUT2D eigenvalue weighted by atomic mass is 19.4. The molecule has 0 amide bonds. The summed E-state index contributed by atoms with van der Waals surface area (Å²) in [4.78, 5) is 0. The van der Waals surface area contributed by atoms with Gasteiger partial charge < -0.3 is 0 Å². The topological polar surface area (TPSA) is 43.6 Å². The molecule has 92 valence electrons. The van der Waals surface area contributed by atoms with Crippen molar-refractivity contribution in [3.05, 3.63) is 5.82 Å². The van der Waals surface area contributed by atoms with Gasteiger partial charge in [-0.2, -0.15) is 22.0 Å². The molecule has 0 N–H and O–H groups in total. The molecule has 0 aliphatic heterocycles. The molecule has 1 aromatic heterocycles. The summed E-state index contributed by atoms with van der Waals surface area (Å²) in [5, 5.41) is 8.69.